The van der Waals surface area contributed by atoms with Crippen LogP contribution in [0.4, 0.5) is 0 Å². The normalized spacial score (nSPS) is 23.7. The van der Waals surface area contributed by atoms with Gasteiger partial charge in [0.2, 0.25) is 0 Å². The van der Waals surface area contributed by atoms with E-state index >= 15 is 0 Å². The van der Waals surface area contributed by atoms with Crippen molar-refractivity contribution in [3.63, 3.8) is 0 Å². The molecule has 1 saturated heterocycles. The molecule has 0 spiro atoms. The highest BCUT2D eigenvalue weighted by atomic mass is 79.9. The maximum atomic E-state index is 10.3. The minimum absolute atomic E-state index is 0.317. The van der Waals surface area contributed by atoms with E-state index in [1.165, 1.54) is 25.7 Å². The van der Waals surface area contributed by atoms with Crippen molar-refractivity contribution in [1.82, 2.24) is 10.2 Å². The molecule has 2 atom stereocenters. The third kappa shape index (κ3) is 3.61. The Hall–Kier alpha value is -0.580. The fraction of sp³-hybridized carbons (Fsp3) is 0.647. The first-order valence-corrected chi connectivity index (χ1v) is 8.96. The van der Waals surface area contributed by atoms with E-state index in [-0.39, 0.29) is 0 Å². The fourth-order valence-corrected chi connectivity index (χ4v) is 3.91. The van der Waals surface area contributed by atoms with Crippen molar-refractivity contribution in [2.45, 2.75) is 57.2 Å². The van der Waals surface area contributed by atoms with Gasteiger partial charge in [-0.2, -0.15) is 0 Å². The van der Waals surface area contributed by atoms with Crippen LogP contribution in [0.1, 0.15) is 50.6 Å². The van der Waals surface area contributed by atoms with E-state index in [0.717, 1.165) is 29.5 Å². The van der Waals surface area contributed by atoms with Crippen LogP contribution in [0.5, 0.6) is 5.75 Å². The van der Waals surface area contributed by atoms with Gasteiger partial charge in [0.1, 0.15) is 5.75 Å². The molecule has 2 N–H and O–H groups in total. The molecule has 2 aliphatic rings. The summed E-state index contributed by atoms with van der Waals surface area (Å²) in [6.07, 6.45) is 6.22. The second-order valence-electron chi connectivity index (χ2n) is 6.35. The van der Waals surface area contributed by atoms with Gasteiger partial charge in [-0.25, -0.2) is 0 Å². The lowest BCUT2D eigenvalue weighted by atomic mass is 10.0. The number of nitrogens with one attached hydrogen (secondary N) is 1. The summed E-state index contributed by atoms with van der Waals surface area (Å²) >= 11 is 3.54. The summed E-state index contributed by atoms with van der Waals surface area (Å²) in [5, 5.41) is 13.9. The van der Waals surface area contributed by atoms with Gasteiger partial charge >= 0.3 is 0 Å². The molecule has 0 radical (unpaired) electrons. The molecule has 21 heavy (non-hydrogen) atoms. The molecule has 4 heteroatoms. The average molecular weight is 353 g/mol. The molecule has 116 valence electrons. The molecule has 1 aliphatic heterocycles. The summed E-state index contributed by atoms with van der Waals surface area (Å²) in [4.78, 5) is 2.63. The summed E-state index contributed by atoms with van der Waals surface area (Å²) in [6.45, 7) is 4.49. The molecule has 0 aromatic heterocycles. The maximum Gasteiger partial charge on any atom is 0.120 e. The molecule has 3 nitrogen and oxygen atoms in total. The van der Waals surface area contributed by atoms with E-state index in [9.17, 15) is 5.11 Å². The zero-order valence-corrected chi connectivity index (χ0v) is 14.3. The van der Waals surface area contributed by atoms with Gasteiger partial charge in [-0.15, -0.1) is 0 Å². The van der Waals surface area contributed by atoms with Crippen LogP contribution in [-0.4, -0.2) is 35.2 Å². The van der Waals surface area contributed by atoms with Crippen LogP contribution in [0, 0.1) is 0 Å². The number of phenols is 1. The van der Waals surface area contributed by atoms with Gasteiger partial charge in [-0.1, -0.05) is 22.9 Å². The first-order chi connectivity index (χ1) is 10.2. The monoisotopic (exact) mass is 352 g/mol. The summed E-state index contributed by atoms with van der Waals surface area (Å²) in [6, 6.07) is 7.44. The Morgan fingerprint density at radius 3 is 2.81 bits per heavy atom. The number of nitrogens with zero attached hydrogens (tertiary/aromatic N) is 1. The largest absolute Gasteiger partial charge is 0.508 e. The molecule has 1 saturated carbocycles. The Morgan fingerprint density at radius 1 is 1.38 bits per heavy atom. The number of phenolic OH excluding ortho intramolecular Hbond substituents is 1. The second-order valence-corrected chi connectivity index (χ2v) is 7.26. The molecule has 3 rings (SSSR count). The van der Waals surface area contributed by atoms with Gasteiger partial charge in [-0.05, 0) is 56.8 Å². The second kappa shape index (κ2) is 6.67. The molecule has 0 amide bonds. The summed E-state index contributed by atoms with van der Waals surface area (Å²) in [7, 11) is 0. The van der Waals surface area contributed by atoms with Gasteiger partial charge in [-0.3, -0.25) is 4.90 Å². The lowest BCUT2D eigenvalue weighted by Gasteiger charge is -2.34. The Labute approximate surface area is 135 Å². The van der Waals surface area contributed by atoms with Crippen molar-refractivity contribution in [1.29, 1.82) is 0 Å². The molecule has 1 aromatic rings. The van der Waals surface area contributed by atoms with Gasteiger partial charge in [0.15, 0.2) is 0 Å². The van der Waals surface area contributed by atoms with Gasteiger partial charge in [0.05, 0.1) is 0 Å². The Morgan fingerprint density at radius 2 is 2.19 bits per heavy atom. The van der Waals surface area contributed by atoms with Crippen LogP contribution in [0.3, 0.4) is 0 Å². The first-order valence-electron chi connectivity index (χ1n) is 8.16. The van der Waals surface area contributed by atoms with Crippen LogP contribution in [0.25, 0.3) is 0 Å². The summed E-state index contributed by atoms with van der Waals surface area (Å²) in [5.41, 5.74) is 1.07. The van der Waals surface area contributed by atoms with Crippen molar-refractivity contribution < 1.29 is 5.11 Å². The third-order valence-electron chi connectivity index (χ3n) is 4.75. The van der Waals surface area contributed by atoms with Crippen molar-refractivity contribution in [2.75, 3.05) is 13.1 Å². The van der Waals surface area contributed by atoms with Crippen LogP contribution in [0.2, 0.25) is 0 Å². The Bertz CT molecular complexity index is 484. The maximum absolute atomic E-state index is 10.3. The molecule has 2 unspecified atom stereocenters. The number of benzene rings is 1. The quantitative estimate of drug-likeness (QED) is 0.816. The Kier molecular flexibility index (Phi) is 4.87. The van der Waals surface area contributed by atoms with E-state index in [4.69, 9.17) is 0 Å². The van der Waals surface area contributed by atoms with Crippen molar-refractivity contribution in [2.24, 2.45) is 0 Å². The van der Waals surface area contributed by atoms with Gasteiger partial charge in [0, 0.05) is 34.7 Å². The minimum Gasteiger partial charge on any atom is -0.508 e. The van der Waals surface area contributed by atoms with E-state index in [1.807, 2.05) is 6.07 Å². The fourth-order valence-electron chi connectivity index (χ4n) is 3.53. The van der Waals surface area contributed by atoms with E-state index in [1.54, 1.807) is 6.07 Å². The average Bonchev–Trinajstić information content (AvgIpc) is 3.19. The number of hydrogen-bond donors (Lipinski definition) is 2. The van der Waals surface area contributed by atoms with Crippen LogP contribution in [-0.2, 0) is 0 Å². The van der Waals surface area contributed by atoms with Crippen LogP contribution in [0.15, 0.2) is 22.7 Å². The first kappa shape index (κ1) is 15.3. The zero-order valence-electron chi connectivity index (χ0n) is 12.7. The molecule has 0 bridgehead atoms. The SMILES string of the molecule is CCC(c1cc(Br)ccc1O)N(CC1CCCN1)C1CC1. The zero-order chi connectivity index (χ0) is 14.8. The Balaban J connectivity index is 1.82. The van der Waals surface area contributed by atoms with Crippen molar-refractivity contribution in [3.8, 4) is 5.75 Å². The molecular weight excluding hydrogens is 328 g/mol. The van der Waals surface area contributed by atoms with E-state index < -0.39 is 0 Å². The van der Waals surface area contributed by atoms with Crippen molar-refractivity contribution in [3.05, 3.63) is 28.2 Å². The highest BCUT2D eigenvalue weighted by Crippen LogP contribution is 2.40. The minimum atomic E-state index is 0.317. The van der Waals surface area contributed by atoms with Crippen LogP contribution >= 0.6 is 15.9 Å². The van der Waals surface area contributed by atoms with E-state index in [0.29, 0.717) is 23.9 Å². The number of hydrogen-bond acceptors (Lipinski definition) is 3. The predicted molar refractivity (Wildman–Crippen MR) is 89.6 cm³/mol. The lowest BCUT2D eigenvalue weighted by molar-refractivity contribution is 0.163. The number of halogens is 1. The highest BCUT2D eigenvalue weighted by molar-refractivity contribution is 9.10. The standard InChI is InChI=1S/C17H25BrN2O/c1-2-16(15-10-12(18)5-8-17(15)21)20(14-6-7-14)11-13-4-3-9-19-13/h5,8,10,13-14,16,19,21H,2-4,6-7,9,11H2,1H3. The molecule has 2 fully saturated rings. The summed E-state index contributed by atoms with van der Waals surface area (Å²) < 4.78 is 1.04. The lowest BCUT2D eigenvalue weighted by Crippen LogP contribution is -2.40. The topological polar surface area (TPSA) is 35.5 Å². The smallest absolute Gasteiger partial charge is 0.120 e. The molecule has 1 aromatic carbocycles. The van der Waals surface area contributed by atoms with E-state index in [2.05, 4.69) is 39.1 Å². The van der Waals surface area contributed by atoms with Crippen LogP contribution < -0.4 is 5.32 Å². The highest BCUT2D eigenvalue weighted by Gasteiger charge is 2.36. The molecule has 1 aliphatic carbocycles. The molecule has 1 heterocycles. The third-order valence-corrected chi connectivity index (χ3v) is 5.24. The number of rotatable bonds is 6. The predicted octanol–water partition coefficient (Wildman–Crippen LogP) is 3.82. The number of aromatic hydroxyl groups is 1. The van der Waals surface area contributed by atoms with Crippen molar-refractivity contribution >= 4 is 15.9 Å². The molecular formula is C17H25BrN2O. The van der Waals surface area contributed by atoms with Gasteiger partial charge < -0.3 is 10.4 Å². The van der Waals surface area contributed by atoms with Gasteiger partial charge in [0.25, 0.3) is 0 Å². The summed E-state index contributed by atoms with van der Waals surface area (Å²) in [5.74, 6) is 0.426.